The molecule has 0 spiro atoms. The minimum Gasteiger partial charge on any atom is -0.497 e. The van der Waals surface area contributed by atoms with Crippen LogP contribution in [0.25, 0.3) is 5.57 Å². The smallest absolute Gasteiger partial charge is 0.118 e. The normalized spacial score (nSPS) is 15.1. The Morgan fingerprint density at radius 2 is 1.88 bits per heavy atom. The predicted octanol–water partition coefficient (Wildman–Crippen LogP) is 3.98. The predicted molar refractivity (Wildman–Crippen MR) is 68.5 cm³/mol. The third kappa shape index (κ3) is 2.43. The maximum absolute atomic E-state index is 5.16. The van der Waals surface area contributed by atoms with Crippen molar-refractivity contribution in [1.29, 1.82) is 0 Å². The summed E-state index contributed by atoms with van der Waals surface area (Å²) in [6.07, 6.45) is 9.80. The number of ether oxygens (including phenoxy) is 1. The van der Waals surface area contributed by atoms with Gasteiger partial charge in [0.15, 0.2) is 0 Å². The van der Waals surface area contributed by atoms with Crippen LogP contribution in [0.4, 0.5) is 0 Å². The Morgan fingerprint density at radius 1 is 1.12 bits per heavy atom. The number of hydrogen-bond acceptors (Lipinski definition) is 1. The molecule has 1 aliphatic rings. The molecule has 0 saturated heterocycles. The average molecular weight is 212 g/mol. The van der Waals surface area contributed by atoms with E-state index in [9.17, 15) is 0 Å². The van der Waals surface area contributed by atoms with E-state index in [0.29, 0.717) is 0 Å². The highest BCUT2D eigenvalue weighted by atomic mass is 16.5. The molecule has 0 saturated carbocycles. The van der Waals surface area contributed by atoms with Crippen LogP contribution < -0.4 is 4.74 Å². The van der Waals surface area contributed by atoms with Crippen LogP contribution in [0.1, 0.15) is 18.9 Å². The zero-order chi connectivity index (χ0) is 11.4. The van der Waals surface area contributed by atoms with Gasteiger partial charge in [0.25, 0.3) is 0 Å². The fourth-order valence-electron chi connectivity index (χ4n) is 1.79. The first-order valence-electron chi connectivity index (χ1n) is 5.49. The topological polar surface area (TPSA) is 9.23 Å². The Labute approximate surface area is 96.8 Å². The Kier molecular flexibility index (Phi) is 3.25. The number of hydrogen-bond donors (Lipinski definition) is 0. The van der Waals surface area contributed by atoms with Crippen LogP contribution >= 0.6 is 0 Å². The van der Waals surface area contributed by atoms with Gasteiger partial charge in [-0.2, -0.15) is 0 Å². The maximum atomic E-state index is 5.16. The molecule has 1 aromatic rings. The molecule has 0 amide bonds. The van der Waals surface area contributed by atoms with Crippen LogP contribution in [0.15, 0.2) is 54.1 Å². The SMILES string of the molecule is COc1ccc(C2=CCC=CC(C)=C2)cc1. The van der Waals surface area contributed by atoms with Crippen LogP contribution in [0.3, 0.4) is 0 Å². The minimum atomic E-state index is 0.900. The highest BCUT2D eigenvalue weighted by Crippen LogP contribution is 2.23. The molecule has 1 aliphatic carbocycles. The summed E-state index contributed by atoms with van der Waals surface area (Å²) < 4.78 is 5.16. The second-order valence-corrected chi connectivity index (χ2v) is 3.91. The van der Waals surface area contributed by atoms with Crippen LogP contribution in [0.2, 0.25) is 0 Å². The number of methoxy groups -OCH3 is 1. The summed E-state index contributed by atoms with van der Waals surface area (Å²) >= 11 is 0. The Hall–Kier alpha value is -1.76. The highest BCUT2D eigenvalue weighted by molar-refractivity contribution is 5.76. The molecule has 2 rings (SSSR count). The largest absolute Gasteiger partial charge is 0.497 e. The van der Waals surface area contributed by atoms with Gasteiger partial charge in [0.05, 0.1) is 7.11 Å². The lowest BCUT2D eigenvalue weighted by molar-refractivity contribution is 0.415. The molecule has 0 unspecified atom stereocenters. The molecule has 0 N–H and O–H groups in total. The van der Waals surface area contributed by atoms with E-state index < -0.39 is 0 Å². The number of allylic oxidation sites excluding steroid dienone is 6. The zero-order valence-corrected chi connectivity index (χ0v) is 9.73. The van der Waals surface area contributed by atoms with E-state index in [2.05, 4.69) is 43.4 Å². The monoisotopic (exact) mass is 212 g/mol. The lowest BCUT2D eigenvalue weighted by Gasteiger charge is -2.04. The summed E-state index contributed by atoms with van der Waals surface area (Å²) in [5.74, 6) is 0.900. The summed E-state index contributed by atoms with van der Waals surface area (Å²) in [7, 11) is 1.69. The third-order valence-electron chi connectivity index (χ3n) is 2.66. The van der Waals surface area contributed by atoms with Crippen molar-refractivity contribution < 1.29 is 4.74 Å². The van der Waals surface area contributed by atoms with Gasteiger partial charge in [-0.05, 0) is 36.6 Å². The minimum absolute atomic E-state index is 0.900. The van der Waals surface area contributed by atoms with E-state index in [-0.39, 0.29) is 0 Å². The fraction of sp³-hybridized carbons (Fsp3) is 0.200. The van der Waals surface area contributed by atoms with Gasteiger partial charge in [-0.1, -0.05) is 42.0 Å². The summed E-state index contributed by atoms with van der Waals surface area (Å²) in [6.45, 7) is 2.12. The van der Waals surface area contributed by atoms with E-state index >= 15 is 0 Å². The van der Waals surface area contributed by atoms with Crippen LogP contribution in [-0.4, -0.2) is 7.11 Å². The second kappa shape index (κ2) is 4.84. The van der Waals surface area contributed by atoms with Crippen molar-refractivity contribution in [2.24, 2.45) is 0 Å². The van der Waals surface area contributed by atoms with Crippen molar-refractivity contribution in [3.05, 3.63) is 59.7 Å². The molecule has 0 bridgehead atoms. The van der Waals surface area contributed by atoms with E-state index in [1.165, 1.54) is 16.7 Å². The van der Waals surface area contributed by atoms with E-state index in [0.717, 1.165) is 12.2 Å². The zero-order valence-electron chi connectivity index (χ0n) is 9.73. The van der Waals surface area contributed by atoms with Gasteiger partial charge in [-0.15, -0.1) is 0 Å². The molecule has 0 heterocycles. The molecule has 1 aromatic carbocycles. The van der Waals surface area contributed by atoms with Crippen LogP contribution in [0, 0.1) is 0 Å². The average Bonchev–Trinajstić information content (AvgIpc) is 2.54. The molecule has 82 valence electrons. The summed E-state index contributed by atoms with van der Waals surface area (Å²) in [5.41, 5.74) is 3.81. The van der Waals surface area contributed by atoms with Gasteiger partial charge in [-0.3, -0.25) is 0 Å². The fourth-order valence-corrected chi connectivity index (χ4v) is 1.79. The maximum Gasteiger partial charge on any atom is 0.118 e. The molecular formula is C15H16O. The third-order valence-corrected chi connectivity index (χ3v) is 2.66. The van der Waals surface area contributed by atoms with Crippen molar-refractivity contribution in [1.82, 2.24) is 0 Å². The van der Waals surface area contributed by atoms with Crippen molar-refractivity contribution in [3.8, 4) is 5.75 Å². The molecule has 1 heteroatoms. The van der Waals surface area contributed by atoms with Gasteiger partial charge in [0.1, 0.15) is 5.75 Å². The molecule has 0 aliphatic heterocycles. The lowest BCUT2D eigenvalue weighted by atomic mass is 10.0. The van der Waals surface area contributed by atoms with E-state index in [4.69, 9.17) is 4.74 Å². The van der Waals surface area contributed by atoms with Crippen molar-refractivity contribution in [2.45, 2.75) is 13.3 Å². The summed E-state index contributed by atoms with van der Waals surface area (Å²) in [4.78, 5) is 0. The summed E-state index contributed by atoms with van der Waals surface area (Å²) in [5, 5.41) is 0. The molecule has 0 fully saturated rings. The first kappa shape index (κ1) is 10.7. The van der Waals surface area contributed by atoms with E-state index in [1.807, 2.05) is 12.1 Å². The van der Waals surface area contributed by atoms with Gasteiger partial charge in [-0.25, -0.2) is 0 Å². The van der Waals surface area contributed by atoms with Crippen molar-refractivity contribution in [2.75, 3.05) is 7.11 Å². The molecule has 0 atom stereocenters. The molecule has 0 aromatic heterocycles. The molecule has 0 radical (unpaired) electrons. The standard InChI is InChI=1S/C15H16O/c1-12-5-3-4-6-14(11-12)13-7-9-15(16-2)10-8-13/h3,5-11H,4H2,1-2H3. The van der Waals surface area contributed by atoms with Crippen LogP contribution in [-0.2, 0) is 0 Å². The van der Waals surface area contributed by atoms with E-state index in [1.54, 1.807) is 7.11 Å². The molecule has 16 heavy (non-hydrogen) atoms. The van der Waals surface area contributed by atoms with Gasteiger partial charge < -0.3 is 4.74 Å². The summed E-state index contributed by atoms with van der Waals surface area (Å²) in [6, 6.07) is 8.19. The van der Waals surface area contributed by atoms with Gasteiger partial charge in [0, 0.05) is 0 Å². The molecular weight excluding hydrogens is 196 g/mol. The van der Waals surface area contributed by atoms with Crippen molar-refractivity contribution >= 4 is 5.57 Å². The first-order valence-corrected chi connectivity index (χ1v) is 5.49. The lowest BCUT2D eigenvalue weighted by Crippen LogP contribution is -1.85. The van der Waals surface area contributed by atoms with Crippen LogP contribution in [0.5, 0.6) is 5.75 Å². The van der Waals surface area contributed by atoms with Gasteiger partial charge >= 0.3 is 0 Å². The highest BCUT2D eigenvalue weighted by Gasteiger charge is 2.01. The Morgan fingerprint density at radius 3 is 2.56 bits per heavy atom. The molecule has 1 nitrogen and oxygen atoms in total. The quantitative estimate of drug-likeness (QED) is 0.720. The van der Waals surface area contributed by atoms with Crippen molar-refractivity contribution in [3.63, 3.8) is 0 Å². The Bertz CT molecular complexity index is 447. The number of rotatable bonds is 2. The number of benzene rings is 1. The second-order valence-electron chi connectivity index (χ2n) is 3.91. The Balaban J connectivity index is 2.30. The van der Waals surface area contributed by atoms with Gasteiger partial charge in [0.2, 0.25) is 0 Å². The first-order chi connectivity index (χ1) is 7.79.